The molecule has 2 saturated heterocycles. The normalized spacial score (nSPS) is 32.2. The molecule has 2 fully saturated rings. The number of benzene rings is 1. The molecule has 2 heterocycles. The molecule has 1 amide bonds. The number of halogens is 1. The van der Waals surface area contributed by atoms with Gasteiger partial charge in [0.25, 0.3) is 0 Å². The zero-order valence-electron chi connectivity index (χ0n) is 15.6. The van der Waals surface area contributed by atoms with Crippen molar-refractivity contribution in [3.63, 3.8) is 0 Å². The molecule has 27 heavy (non-hydrogen) atoms. The summed E-state index contributed by atoms with van der Waals surface area (Å²) in [6.07, 6.45) is -0.228. The van der Waals surface area contributed by atoms with E-state index in [1.54, 1.807) is 12.1 Å². The second kappa shape index (κ2) is 8.65. The van der Waals surface area contributed by atoms with Crippen LogP contribution in [0.5, 0.6) is 0 Å². The molecule has 3 N–H and O–H groups in total. The van der Waals surface area contributed by atoms with Gasteiger partial charge in [0.15, 0.2) is 0 Å². The summed E-state index contributed by atoms with van der Waals surface area (Å²) in [5, 5.41) is 24.5. The van der Waals surface area contributed by atoms with Crippen LogP contribution >= 0.6 is 0 Å². The molecule has 0 aliphatic carbocycles. The van der Waals surface area contributed by atoms with E-state index in [9.17, 15) is 19.4 Å². The monoisotopic (exact) mass is 381 g/mol. The van der Waals surface area contributed by atoms with Crippen LogP contribution in [0.25, 0.3) is 0 Å². The van der Waals surface area contributed by atoms with Crippen molar-refractivity contribution in [2.75, 3.05) is 19.8 Å². The van der Waals surface area contributed by atoms with E-state index >= 15 is 0 Å². The van der Waals surface area contributed by atoms with Crippen molar-refractivity contribution < 1.29 is 28.9 Å². The lowest BCUT2D eigenvalue weighted by atomic mass is 9.81. The second-order valence-electron chi connectivity index (χ2n) is 7.48. The number of carbonyl (C=O) groups excluding carboxylic acids is 1. The Bertz CT molecular complexity index is 634. The summed E-state index contributed by atoms with van der Waals surface area (Å²) in [6.45, 7) is 2.93. The van der Waals surface area contributed by atoms with Crippen molar-refractivity contribution in [3.8, 4) is 0 Å². The highest BCUT2D eigenvalue weighted by molar-refractivity contribution is 5.78. The summed E-state index contributed by atoms with van der Waals surface area (Å²) < 4.78 is 24.4. The quantitative estimate of drug-likeness (QED) is 0.723. The van der Waals surface area contributed by atoms with Crippen LogP contribution in [-0.4, -0.2) is 53.7 Å². The average Bonchev–Trinajstić information content (AvgIpc) is 2.69. The average molecular weight is 381 g/mol. The van der Waals surface area contributed by atoms with E-state index in [0.717, 1.165) is 5.56 Å². The van der Waals surface area contributed by atoms with Gasteiger partial charge in [0, 0.05) is 32.1 Å². The van der Waals surface area contributed by atoms with Crippen LogP contribution in [0.15, 0.2) is 24.3 Å². The van der Waals surface area contributed by atoms with E-state index in [2.05, 4.69) is 5.32 Å². The zero-order valence-corrected chi connectivity index (χ0v) is 15.6. The van der Waals surface area contributed by atoms with Crippen LogP contribution in [0.3, 0.4) is 0 Å². The molecule has 1 aromatic rings. The lowest BCUT2D eigenvalue weighted by Gasteiger charge is -2.45. The maximum Gasteiger partial charge on any atom is 0.223 e. The Morgan fingerprint density at radius 3 is 2.59 bits per heavy atom. The number of hydrogen-bond donors (Lipinski definition) is 3. The number of aliphatic hydroxyl groups is 2. The molecule has 0 bridgehead atoms. The molecule has 0 unspecified atom stereocenters. The van der Waals surface area contributed by atoms with E-state index in [-0.39, 0.29) is 30.6 Å². The summed E-state index contributed by atoms with van der Waals surface area (Å²) in [6, 6.07) is 5.92. The number of hydrogen-bond acceptors (Lipinski definition) is 5. The second-order valence-corrected chi connectivity index (χ2v) is 7.48. The number of ether oxygens (including phenoxy) is 2. The highest BCUT2D eigenvalue weighted by atomic mass is 19.1. The maximum absolute atomic E-state index is 13.2. The standard InChI is InChI=1S/C20H28FNO5/c1-2-16-18(23)20(25,12-22-19(24)14-7-9-26-10-8-14)11-17(27-16)13-3-5-15(21)6-4-13/h3-6,14,16-18,23,25H,2,7-12H2,1H3,(H,22,24)/t16-,17-,18-,20-/m1/s1. The summed E-state index contributed by atoms with van der Waals surface area (Å²) in [5.74, 6) is -0.605. The largest absolute Gasteiger partial charge is 0.387 e. The highest BCUT2D eigenvalue weighted by Gasteiger charge is 2.48. The van der Waals surface area contributed by atoms with Gasteiger partial charge in [-0.15, -0.1) is 0 Å². The molecule has 0 radical (unpaired) electrons. The number of nitrogens with one attached hydrogen (secondary N) is 1. The van der Waals surface area contributed by atoms with E-state index in [4.69, 9.17) is 9.47 Å². The summed E-state index contributed by atoms with van der Waals surface area (Å²) >= 11 is 0. The van der Waals surface area contributed by atoms with Gasteiger partial charge in [-0.1, -0.05) is 19.1 Å². The van der Waals surface area contributed by atoms with Gasteiger partial charge >= 0.3 is 0 Å². The predicted molar refractivity (Wildman–Crippen MR) is 96.4 cm³/mol. The Balaban J connectivity index is 1.70. The summed E-state index contributed by atoms with van der Waals surface area (Å²) in [7, 11) is 0. The fraction of sp³-hybridized carbons (Fsp3) is 0.650. The molecule has 6 nitrogen and oxygen atoms in total. The molecule has 3 rings (SSSR count). The Labute approximate surface area is 158 Å². The van der Waals surface area contributed by atoms with Gasteiger partial charge in [0.2, 0.25) is 5.91 Å². The van der Waals surface area contributed by atoms with Gasteiger partial charge in [0.1, 0.15) is 17.5 Å². The molecule has 1 aromatic carbocycles. The van der Waals surface area contributed by atoms with Crippen LogP contribution in [0, 0.1) is 11.7 Å². The van der Waals surface area contributed by atoms with Crippen molar-refractivity contribution in [2.24, 2.45) is 5.92 Å². The third-order valence-corrected chi connectivity index (χ3v) is 5.59. The Morgan fingerprint density at radius 1 is 1.30 bits per heavy atom. The number of carbonyl (C=O) groups is 1. The molecule has 0 aromatic heterocycles. The first kappa shape index (κ1) is 20.2. The first-order valence-corrected chi connectivity index (χ1v) is 9.60. The lowest BCUT2D eigenvalue weighted by molar-refractivity contribution is -0.217. The molecular formula is C20H28FNO5. The molecule has 0 spiro atoms. The minimum atomic E-state index is -1.52. The molecular weight excluding hydrogens is 353 g/mol. The SMILES string of the molecule is CC[C@H]1O[C@@H](c2ccc(F)cc2)C[C@@](O)(CNC(=O)C2CCOCC2)[C@@H]1O. The third-order valence-electron chi connectivity index (χ3n) is 5.59. The van der Waals surface area contributed by atoms with Gasteiger partial charge in [0.05, 0.1) is 12.2 Å². The lowest BCUT2D eigenvalue weighted by Crippen LogP contribution is -2.60. The molecule has 7 heteroatoms. The van der Waals surface area contributed by atoms with Gasteiger partial charge < -0.3 is 25.0 Å². The minimum absolute atomic E-state index is 0.0537. The molecule has 2 aliphatic rings. The van der Waals surface area contributed by atoms with Gasteiger partial charge in [-0.25, -0.2) is 4.39 Å². The number of amides is 1. The molecule has 4 atom stereocenters. The van der Waals surface area contributed by atoms with Crippen molar-refractivity contribution >= 4 is 5.91 Å². The zero-order chi connectivity index (χ0) is 19.4. The molecule has 150 valence electrons. The molecule has 0 saturated carbocycles. The van der Waals surface area contributed by atoms with E-state index in [1.807, 2.05) is 6.92 Å². The number of aliphatic hydroxyl groups excluding tert-OH is 1. The van der Waals surface area contributed by atoms with E-state index in [1.165, 1.54) is 12.1 Å². The van der Waals surface area contributed by atoms with Crippen LogP contribution in [-0.2, 0) is 14.3 Å². The smallest absolute Gasteiger partial charge is 0.223 e. The minimum Gasteiger partial charge on any atom is -0.387 e. The van der Waals surface area contributed by atoms with Gasteiger partial charge in [-0.2, -0.15) is 0 Å². The van der Waals surface area contributed by atoms with E-state index in [0.29, 0.717) is 32.5 Å². The van der Waals surface area contributed by atoms with Gasteiger partial charge in [-0.3, -0.25) is 4.79 Å². The first-order chi connectivity index (χ1) is 12.9. The van der Waals surface area contributed by atoms with Crippen molar-refractivity contribution in [1.82, 2.24) is 5.32 Å². The summed E-state index contributed by atoms with van der Waals surface area (Å²) in [4.78, 5) is 12.4. The Kier molecular flexibility index (Phi) is 6.47. The van der Waals surface area contributed by atoms with E-state index < -0.39 is 23.9 Å². The first-order valence-electron chi connectivity index (χ1n) is 9.60. The molecule has 2 aliphatic heterocycles. The van der Waals surface area contributed by atoms with Crippen LogP contribution in [0.1, 0.15) is 44.3 Å². The predicted octanol–water partition coefficient (Wildman–Crippen LogP) is 1.70. The van der Waals surface area contributed by atoms with Crippen molar-refractivity contribution in [3.05, 3.63) is 35.6 Å². The maximum atomic E-state index is 13.2. The fourth-order valence-corrected chi connectivity index (χ4v) is 3.84. The summed E-state index contributed by atoms with van der Waals surface area (Å²) in [5.41, 5.74) is -0.783. The number of rotatable bonds is 5. The van der Waals surface area contributed by atoms with Crippen molar-refractivity contribution in [2.45, 2.75) is 56.5 Å². The topological polar surface area (TPSA) is 88.0 Å². The van der Waals surface area contributed by atoms with Gasteiger partial charge in [-0.05, 0) is 37.0 Å². The fourth-order valence-electron chi connectivity index (χ4n) is 3.84. The van der Waals surface area contributed by atoms with Crippen LogP contribution in [0.4, 0.5) is 4.39 Å². The van der Waals surface area contributed by atoms with Crippen LogP contribution < -0.4 is 5.32 Å². The third kappa shape index (κ3) is 4.66. The van der Waals surface area contributed by atoms with Crippen LogP contribution in [0.2, 0.25) is 0 Å². The Hall–Kier alpha value is -1.54. The Morgan fingerprint density at radius 2 is 1.96 bits per heavy atom. The highest BCUT2D eigenvalue weighted by Crippen LogP contribution is 2.38. The van der Waals surface area contributed by atoms with Crippen molar-refractivity contribution in [1.29, 1.82) is 0 Å².